The molecule has 0 aliphatic rings. The van der Waals surface area contributed by atoms with Crippen LogP contribution >= 0.6 is 11.6 Å². The maximum Gasteiger partial charge on any atom is 0.262 e. The summed E-state index contributed by atoms with van der Waals surface area (Å²) >= 11 is 6.03. The summed E-state index contributed by atoms with van der Waals surface area (Å²) in [6, 6.07) is 10.2. The average Bonchev–Trinajstić information content (AvgIpc) is 2.85. The number of hydrogen-bond donors (Lipinski definition) is 2. The summed E-state index contributed by atoms with van der Waals surface area (Å²) in [6.45, 7) is 3.37. The van der Waals surface area contributed by atoms with Gasteiger partial charge in [0.25, 0.3) is 10.0 Å². The molecule has 198 valence electrons. The highest BCUT2D eigenvalue weighted by atomic mass is 35.5. The Morgan fingerprint density at radius 3 is 2.53 bits per heavy atom. The number of sulfonamides is 1. The predicted octanol–water partition coefficient (Wildman–Crippen LogP) is 5.09. The van der Waals surface area contributed by atoms with E-state index in [2.05, 4.69) is 14.7 Å². The van der Waals surface area contributed by atoms with Gasteiger partial charge in [0.2, 0.25) is 5.91 Å². The van der Waals surface area contributed by atoms with Crippen LogP contribution in [0.5, 0.6) is 5.75 Å². The first kappa shape index (κ1) is 27.2. The number of primary amides is 1. The zero-order valence-electron chi connectivity index (χ0n) is 20.6. The number of methoxy groups -OCH3 is 1. The van der Waals surface area contributed by atoms with Gasteiger partial charge in [0, 0.05) is 18.0 Å². The third-order valence-corrected chi connectivity index (χ3v) is 7.61. The number of hydrogen-bond acceptors (Lipinski definition) is 6. The number of nitrogens with zero attached hydrogens (tertiary/aromatic N) is 2. The average molecular weight is 561 g/mol. The standard InChI is InChI=1S/C26H23ClF2N4O4S/c1-26(2,25(30)34)12-22-31-13-15-10-14(4-7-19(15)32-22)23-18(28)6-8-20(24(23)29)33-38(35,36)16-5-9-21(37-3)17(27)11-16/h4-11,13,33H,12H2,1-3H3,(H2,30,34). The van der Waals surface area contributed by atoms with E-state index in [9.17, 15) is 17.6 Å². The number of nitrogens with one attached hydrogen (secondary N) is 1. The van der Waals surface area contributed by atoms with Crippen LogP contribution in [0.15, 0.2) is 59.6 Å². The van der Waals surface area contributed by atoms with E-state index in [1.807, 2.05) is 0 Å². The lowest BCUT2D eigenvalue weighted by atomic mass is 9.88. The fraction of sp³-hybridized carbons (Fsp3) is 0.192. The summed E-state index contributed by atoms with van der Waals surface area (Å²) in [5.74, 6) is -1.83. The molecule has 0 aliphatic carbocycles. The lowest BCUT2D eigenvalue weighted by molar-refractivity contribution is -0.126. The minimum Gasteiger partial charge on any atom is -0.495 e. The van der Waals surface area contributed by atoms with Crippen LogP contribution in [0.4, 0.5) is 14.5 Å². The van der Waals surface area contributed by atoms with E-state index in [0.29, 0.717) is 16.7 Å². The zero-order chi connectivity index (χ0) is 27.8. The van der Waals surface area contributed by atoms with E-state index in [1.54, 1.807) is 19.9 Å². The second-order valence-electron chi connectivity index (χ2n) is 9.17. The first-order chi connectivity index (χ1) is 17.8. The zero-order valence-corrected chi connectivity index (χ0v) is 22.1. The van der Waals surface area contributed by atoms with Gasteiger partial charge in [-0.2, -0.15) is 0 Å². The number of halogens is 3. The summed E-state index contributed by atoms with van der Waals surface area (Å²) in [6.07, 6.45) is 1.69. The minimum absolute atomic E-state index is 0.0513. The van der Waals surface area contributed by atoms with E-state index in [0.717, 1.165) is 18.2 Å². The van der Waals surface area contributed by atoms with Crippen LogP contribution in [0.3, 0.4) is 0 Å². The third-order valence-electron chi connectivity index (χ3n) is 5.95. The van der Waals surface area contributed by atoms with Gasteiger partial charge >= 0.3 is 0 Å². The number of fused-ring (bicyclic) bond motifs is 1. The van der Waals surface area contributed by atoms with Crippen LogP contribution < -0.4 is 15.2 Å². The lowest BCUT2D eigenvalue weighted by Gasteiger charge is -2.19. The first-order valence-electron chi connectivity index (χ1n) is 11.2. The van der Waals surface area contributed by atoms with Gasteiger partial charge in [-0.3, -0.25) is 9.52 Å². The molecule has 1 heterocycles. The van der Waals surface area contributed by atoms with Crippen molar-refractivity contribution in [1.29, 1.82) is 0 Å². The lowest BCUT2D eigenvalue weighted by Crippen LogP contribution is -2.33. The van der Waals surface area contributed by atoms with E-state index >= 15 is 4.39 Å². The number of rotatable bonds is 8. The van der Waals surface area contributed by atoms with Crippen molar-refractivity contribution in [2.75, 3.05) is 11.8 Å². The quantitative estimate of drug-likeness (QED) is 0.309. The molecular weight excluding hydrogens is 538 g/mol. The first-order valence-corrected chi connectivity index (χ1v) is 13.1. The monoisotopic (exact) mass is 560 g/mol. The number of aromatic nitrogens is 2. The Hall–Kier alpha value is -3.83. The molecule has 4 rings (SSSR count). The highest BCUT2D eigenvalue weighted by Gasteiger charge is 2.27. The molecule has 0 unspecified atom stereocenters. The molecule has 0 saturated heterocycles. The summed E-state index contributed by atoms with van der Waals surface area (Å²) in [7, 11) is -2.88. The summed E-state index contributed by atoms with van der Waals surface area (Å²) in [5.41, 5.74) is 4.33. The van der Waals surface area contributed by atoms with Gasteiger partial charge in [-0.05, 0) is 48.0 Å². The van der Waals surface area contributed by atoms with Gasteiger partial charge in [0.05, 0.1) is 39.2 Å². The summed E-state index contributed by atoms with van der Waals surface area (Å²) in [5, 5.41) is 0.538. The molecule has 1 amide bonds. The van der Waals surface area contributed by atoms with Crippen molar-refractivity contribution < 1.29 is 26.7 Å². The van der Waals surface area contributed by atoms with Gasteiger partial charge in [0.15, 0.2) is 5.82 Å². The number of ether oxygens (including phenoxy) is 1. The molecule has 3 N–H and O–H groups in total. The topological polar surface area (TPSA) is 124 Å². The van der Waals surface area contributed by atoms with Crippen molar-refractivity contribution in [2.45, 2.75) is 25.2 Å². The number of nitrogens with two attached hydrogens (primary N) is 1. The van der Waals surface area contributed by atoms with Crippen LogP contribution in [-0.4, -0.2) is 31.4 Å². The van der Waals surface area contributed by atoms with Gasteiger partial charge in [0.1, 0.15) is 17.4 Å². The van der Waals surface area contributed by atoms with Gasteiger partial charge in [-0.25, -0.2) is 27.2 Å². The molecule has 0 saturated carbocycles. The van der Waals surface area contributed by atoms with Gasteiger partial charge in [-0.1, -0.05) is 31.5 Å². The number of anilines is 1. The van der Waals surface area contributed by atoms with E-state index in [-0.39, 0.29) is 27.7 Å². The molecule has 0 fully saturated rings. The van der Waals surface area contributed by atoms with E-state index < -0.39 is 44.2 Å². The molecular formula is C26H23ClF2N4O4S. The Kier molecular flexibility index (Phi) is 7.26. The van der Waals surface area contributed by atoms with Crippen molar-refractivity contribution in [2.24, 2.45) is 11.1 Å². The Morgan fingerprint density at radius 2 is 1.87 bits per heavy atom. The molecule has 0 radical (unpaired) electrons. The van der Waals surface area contributed by atoms with Crippen molar-refractivity contribution in [3.63, 3.8) is 0 Å². The largest absolute Gasteiger partial charge is 0.495 e. The Bertz CT molecular complexity index is 1680. The minimum atomic E-state index is -4.26. The Labute approximate surface area is 222 Å². The van der Waals surface area contributed by atoms with E-state index in [1.165, 1.54) is 37.6 Å². The number of amides is 1. The maximum absolute atomic E-state index is 15.5. The Morgan fingerprint density at radius 1 is 1.13 bits per heavy atom. The molecule has 0 aliphatic heterocycles. The molecule has 4 aromatic rings. The molecule has 1 aromatic heterocycles. The SMILES string of the molecule is COc1ccc(S(=O)(=O)Nc2ccc(F)c(-c3ccc4nc(CC(C)(C)C(N)=O)ncc4c3)c2F)cc1Cl. The Balaban J connectivity index is 1.69. The molecule has 12 heteroatoms. The smallest absolute Gasteiger partial charge is 0.262 e. The highest BCUT2D eigenvalue weighted by molar-refractivity contribution is 7.92. The molecule has 38 heavy (non-hydrogen) atoms. The summed E-state index contributed by atoms with van der Waals surface area (Å²) in [4.78, 5) is 20.1. The fourth-order valence-electron chi connectivity index (χ4n) is 3.71. The van der Waals surface area contributed by atoms with Crippen LogP contribution in [0.1, 0.15) is 19.7 Å². The van der Waals surface area contributed by atoms with Crippen LogP contribution in [0.25, 0.3) is 22.0 Å². The number of benzene rings is 3. The normalized spacial score (nSPS) is 11.9. The predicted molar refractivity (Wildman–Crippen MR) is 140 cm³/mol. The van der Waals surface area contributed by atoms with Crippen molar-refractivity contribution in [3.8, 4) is 16.9 Å². The third kappa shape index (κ3) is 5.39. The molecule has 0 spiro atoms. The molecule has 0 bridgehead atoms. The van der Waals surface area contributed by atoms with E-state index in [4.69, 9.17) is 22.1 Å². The van der Waals surface area contributed by atoms with Crippen molar-refractivity contribution in [3.05, 3.63) is 77.2 Å². The number of carbonyl (C=O) groups is 1. The van der Waals surface area contributed by atoms with Crippen LogP contribution in [-0.2, 0) is 21.2 Å². The highest BCUT2D eigenvalue weighted by Crippen LogP contribution is 2.34. The molecule has 8 nitrogen and oxygen atoms in total. The van der Waals surface area contributed by atoms with Gasteiger partial charge < -0.3 is 10.5 Å². The number of carbonyl (C=O) groups excluding carboxylic acids is 1. The van der Waals surface area contributed by atoms with Crippen molar-refractivity contribution in [1.82, 2.24) is 9.97 Å². The molecule has 3 aromatic carbocycles. The summed E-state index contributed by atoms with van der Waals surface area (Å²) < 4.78 is 63.2. The van der Waals surface area contributed by atoms with Crippen LogP contribution in [0, 0.1) is 17.0 Å². The second kappa shape index (κ2) is 10.1. The van der Waals surface area contributed by atoms with Gasteiger partial charge in [-0.15, -0.1) is 0 Å². The molecule has 0 atom stereocenters. The van der Waals surface area contributed by atoms with Crippen molar-refractivity contribution >= 4 is 44.1 Å². The fourth-order valence-corrected chi connectivity index (χ4v) is 5.12. The second-order valence-corrected chi connectivity index (χ2v) is 11.3. The maximum atomic E-state index is 15.5. The van der Waals surface area contributed by atoms with Crippen LogP contribution in [0.2, 0.25) is 5.02 Å².